The summed E-state index contributed by atoms with van der Waals surface area (Å²) in [5.41, 5.74) is -0.464. The second-order valence-electron chi connectivity index (χ2n) is 4.07. The first-order valence-corrected chi connectivity index (χ1v) is 7.00. The molecular formula is C12H9F2NO5S. The highest BCUT2D eigenvalue weighted by Gasteiger charge is 2.24. The van der Waals surface area contributed by atoms with Crippen LogP contribution in [-0.4, -0.2) is 19.5 Å². The third kappa shape index (κ3) is 3.02. The molecule has 112 valence electrons. The monoisotopic (exact) mass is 317 g/mol. The van der Waals surface area contributed by atoms with E-state index < -0.39 is 44.0 Å². The van der Waals surface area contributed by atoms with Crippen molar-refractivity contribution < 1.29 is 31.5 Å². The molecule has 0 fully saturated rings. The van der Waals surface area contributed by atoms with E-state index in [-0.39, 0.29) is 5.76 Å². The standard InChI is InChI=1S/C12H9F2NO5S/c1-6-11(5-10(20-6)12(16)17)21(18,19)15-9-3-2-7(13)4-8(9)14/h2-5,15H,1H3,(H,16,17). The van der Waals surface area contributed by atoms with Crippen LogP contribution < -0.4 is 4.72 Å². The highest BCUT2D eigenvalue weighted by atomic mass is 32.2. The van der Waals surface area contributed by atoms with Crippen LogP contribution >= 0.6 is 0 Å². The number of hydrogen-bond donors (Lipinski definition) is 2. The number of carboxylic acids is 1. The van der Waals surface area contributed by atoms with Gasteiger partial charge in [0.25, 0.3) is 10.0 Å². The number of halogens is 2. The van der Waals surface area contributed by atoms with Crippen molar-refractivity contribution in [3.05, 3.63) is 47.4 Å². The van der Waals surface area contributed by atoms with E-state index in [1.807, 2.05) is 4.72 Å². The summed E-state index contributed by atoms with van der Waals surface area (Å²) in [5, 5.41) is 8.74. The van der Waals surface area contributed by atoms with Crippen molar-refractivity contribution in [2.75, 3.05) is 4.72 Å². The van der Waals surface area contributed by atoms with Gasteiger partial charge in [-0.3, -0.25) is 4.72 Å². The number of rotatable bonds is 4. The lowest BCUT2D eigenvalue weighted by atomic mass is 10.3. The lowest BCUT2D eigenvalue weighted by molar-refractivity contribution is 0.0661. The second kappa shape index (κ2) is 5.17. The van der Waals surface area contributed by atoms with Crippen LogP contribution in [0.1, 0.15) is 16.3 Å². The second-order valence-corrected chi connectivity index (χ2v) is 5.72. The summed E-state index contributed by atoms with van der Waals surface area (Å²) in [6, 6.07) is 3.12. The molecule has 0 unspecified atom stereocenters. The number of benzene rings is 1. The average molecular weight is 317 g/mol. The Morgan fingerprint density at radius 2 is 1.95 bits per heavy atom. The Hall–Kier alpha value is -2.42. The lowest BCUT2D eigenvalue weighted by Gasteiger charge is -2.07. The summed E-state index contributed by atoms with van der Waals surface area (Å²) in [6.45, 7) is 1.25. The van der Waals surface area contributed by atoms with Crippen LogP contribution in [0.25, 0.3) is 0 Å². The van der Waals surface area contributed by atoms with E-state index in [9.17, 15) is 22.0 Å². The first kappa shape index (κ1) is 15.0. The van der Waals surface area contributed by atoms with Gasteiger partial charge in [0.05, 0.1) is 5.69 Å². The molecule has 0 aliphatic heterocycles. The van der Waals surface area contributed by atoms with Gasteiger partial charge in [0.1, 0.15) is 22.3 Å². The number of sulfonamides is 1. The van der Waals surface area contributed by atoms with Gasteiger partial charge in [0.15, 0.2) is 0 Å². The Labute approximate surface area is 118 Å². The molecule has 2 aromatic rings. The minimum absolute atomic E-state index is 0.164. The topological polar surface area (TPSA) is 96.6 Å². The van der Waals surface area contributed by atoms with Gasteiger partial charge < -0.3 is 9.52 Å². The molecule has 1 aromatic carbocycles. The molecule has 0 atom stereocenters. The number of nitrogens with one attached hydrogen (secondary N) is 1. The van der Waals surface area contributed by atoms with Crippen molar-refractivity contribution in [2.24, 2.45) is 0 Å². The van der Waals surface area contributed by atoms with Crippen molar-refractivity contribution in [1.82, 2.24) is 0 Å². The Kier molecular flexibility index (Phi) is 3.69. The molecule has 21 heavy (non-hydrogen) atoms. The number of anilines is 1. The molecule has 0 saturated carbocycles. The number of carboxylic acid groups (broad SMARTS) is 1. The van der Waals surface area contributed by atoms with Gasteiger partial charge in [-0.1, -0.05) is 0 Å². The van der Waals surface area contributed by atoms with Crippen LogP contribution in [0.4, 0.5) is 14.5 Å². The SMILES string of the molecule is Cc1oc(C(=O)O)cc1S(=O)(=O)Nc1ccc(F)cc1F. The molecule has 0 radical (unpaired) electrons. The predicted octanol–water partition coefficient (Wildman–Crippen LogP) is 2.37. The highest BCUT2D eigenvalue weighted by molar-refractivity contribution is 7.92. The first-order chi connectivity index (χ1) is 9.70. The van der Waals surface area contributed by atoms with Crippen molar-refractivity contribution in [1.29, 1.82) is 0 Å². The normalized spacial score (nSPS) is 11.4. The Morgan fingerprint density at radius 3 is 2.48 bits per heavy atom. The molecule has 0 saturated heterocycles. The predicted molar refractivity (Wildman–Crippen MR) is 67.6 cm³/mol. The minimum Gasteiger partial charge on any atom is -0.475 e. The van der Waals surface area contributed by atoms with E-state index in [0.717, 1.165) is 18.2 Å². The van der Waals surface area contributed by atoms with E-state index >= 15 is 0 Å². The van der Waals surface area contributed by atoms with Gasteiger partial charge in [-0.15, -0.1) is 0 Å². The van der Waals surface area contributed by atoms with Crippen molar-refractivity contribution in [2.45, 2.75) is 11.8 Å². The number of hydrogen-bond acceptors (Lipinski definition) is 4. The molecule has 0 aliphatic carbocycles. The zero-order valence-electron chi connectivity index (χ0n) is 10.6. The maximum Gasteiger partial charge on any atom is 0.371 e. The molecule has 0 amide bonds. The van der Waals surface area contributed by atoms with E-state index in [1.54, 1.807) is 0 Å². The number of aromatic carboxylic acids is 1. The zero-order valence-corrected chi connectivity index (χ0v) is 11.4. The van der Waals surface area contributed by atoms with Gasteiger partial charge >= 0.3 is 5.97 Å². The quantitative estimate of drug-likeness (QED) is 0.902. The summed E-state index contributed by atoms with van der Waals surface area (Å²) in [4.78, 5) is 10.3. The van der Waals surface area contributed by atoms with Crippen LogP contribution in [0.15, 0.2) is 33.6 Å². The van der Waals surface area contributed by atoms with E-state index in [2.05, 4.69) is 0 Å². The summed E-state index contributed by atoms with van der Waals surface area (Å²) in [5.74, 6) is -4.12. The third-order valence-electron chi connectivity index (χ3n) is 2.55. The molecule has 1 heterocycles. The third-order valence-corrected chi connectivity index (χ3v) is 4.02. The number of carbonyl (C=O) groups is 1. The summed E-state index contributed by atoms with van der Waals surface area (Å²) in [6.07, 6.45) is 0. The Balaban J connectivity index is 2.41. The summed E-state index contributed by atoms with van der Waals surface area (Å²) >= 11 is 0. The molecule has 2 N–H and O–H groups in total. The maximum absolute atomic E-state index is 13.4. The fourth-order valence-corrected chi connectivity index (χ4v) is 2.86. The first-order valence-electron chi connectivity index (χ1n) is 5.52. The van der Waals surface area contributed by atoms with Crippen LogP contribution in [0.3, 0.4) is 0 Å². The number of aryl methyl sites for hydroxylation is 1. The summed E-state index contributed by atoms with van der Waals surface area (Å²) in [7, 11) is -4.26. The van der Waals surface area contributed by atoms with Gasteiger partial charge in [-0.2, -0.15) is 0 Å². The molecule has 0 bridgehead atoms. The maximum atomic E-state index is 13.4. The van der Waals surface area contributed by atoms with Crippen molar-refractivity contribution in [3.63, 3.8) is 0 Å². The molecule has 2 rings (SSSR count). The van der Waals surface area contributed by atoms with Crippen LogP contribution in [0.5, 0.6) is 0 Å². The zero-order chi connectivity index (χ0) is 15.8. The van der Waals surface area contributed by atoms with Crippen LogP contribution in [0, 0.1) is 18.6 Å². The largest absolute Gasteiger partial charge is 0.475 e. The van der Waals surface area contributed by atoms with E-state index in [4.69, 9.17) is 9.52 Å². The average Bonchev–Trinajstić information content (AvgIpc) is 2.76. The fraction of sp³-hybridized carbons (Fsp3) is 0.0833. The van der Waals surface area contributed by atoms with Gasteiger partial charge in [0, 0.05) is 12.1 Å². The molecule has 1 aromatic heterocycles. The Morgan fingerprint density at radius 1 is 1.29 bits per heavy atom. The van der Waals surface area contributed by atoms with E-state index in [1.165, 1.54) is 6.92 Å². The molecule has 6 nitrogen and oxygen atoms in total. The van der Waals surface area contributed by atoms with Crippen molar-refractivity contribution >= 4 is 21.7 Å². The lowest BCUT2D eigenvalue weighted by Crippen LogP contribution is -2.14. The minimum atomic E-state index is -4.26. The Bertz CT molecular complexity index is 813. The van der Waals surface area contributed by atoms with E-state index in [0.29, 0.717) is 6.07 Å². The van der Waals surface area contributed by atoms with Gasteiger partial charge in [0.2, 0.25) is 5.76 Å². The highest BCUT2D eigenvalue weighted by Crippen LogP contribution is 2.24. The van der Waals surface area contributed by atoms with Crippen LogP contribution in [-0.2, 0) is 10.0 Å². The van der Waals surface area contributed by atoms with Gasteiger partial charge in [-0.05, 0) is 19.1 Å². The summed E-state index contributed by atoms with van der Waals surface area (Å²) < 4.78 is 57.0. The number of furan rings is 1. The molecular weight excluding hydrogens is 308 g/mol. The molecule has 9 heteroatoms. The smallest absolute Gasteiger partial charge is 0.371 e. The fourth-order valence-electron chi connectivity index (χ4n) is 1.61. The van der Waals surface area contributed by atoms with Crippen LogP contribution in [0.2, 0.25) is 0 Å². The van der Waals surface area contributed by atoms with Gasteiger partial charge in [-0.25, -0.2) is 22.0 Å². The molecule has 0 spiro atoms. The van der Waals surface area contributed by atoms with Crippen molar-refractivity contribution in [3.8, 4) is 0 Å². The molecule has 0 aliphatic rings.